The quantitative estimate of drug-likeness (QED) is 0.781. The minimum Gasteiger partial charge on any atom is -0.383 e. The van der Waals surface area contributed by atoms with Crippen LogP contribution in [0, 0.1) is 5.92 Å². The van der Waals surface area contributed by atoms with Crippen LogP contribution in [-0.4, -0.2) is 25.8 Å². The third-order valence-electron chi connectivity index (χ3n) is 3.42. The number of hydrogen-bond donors (Lipinski definition) is 1. The fourth-order valence-electron chi connectivity index (χ4n) is 2.39. The molecule has 1 aromatic carbocycles. The van der Waals surface area contributed by atoms with E-state index < -0.39 is 0 Å². The van der Waals surface area contributed by atoms with Crippen molar-refractivity contribution in [3.05, 3.63) is 35.9 Å². The van der Waals surface area contributed by atoms with Gasteiger partial charge in [-0.05, 0) is 37.7 Å². The molecule has 0 spiro atoms. The molecule has 0 radical (unpaired) electrons. The minimum atomic E-state index is 0.512. The van der Waals surface area contributed by atoms with Crippen LogP contribution in [0.2, 0.25) is 0 Å². The Morgan fingerprint density at radius 3 is 2.59 bits per heavy atom. The Labute approximate surface area is 104 Å². The lowest BCUT2D eigenvalue weighted by Gasteiger charge is -2.22. The highest BCUT2D eigenvalue weighted by Crippen LogP contribution is 2.33. The van der Waals surface area contributed by atoms with Crippen LogP contribution in [0.1, 0.15) is 25.3 Å². The highest BCUT2D eigenvalue weighted by Gasteiger charge is 2.31. The summed E-state index contributed by atoms with van der Waals surface area (Å²) in [5, 5.41) is 3.70. The molecule has 0 bridgehead atoms. The van der Waals surface area contributed by atoms with Crippen molar-refractivity contribution < 1.29 is 4.74 Å². The van der Waals surface area contributed by atoms with Gasteiger partial charge in [0.1, 0.15) is 0 Å². The van der Waals surface area contributed by atoms with Gasteiger partial charge in [-0.3, -0.25) is 0 Å². The van der Waals surface area contributed by atoms with Gasteiger partial charge in [0.25, 0.3) is 0 Å². The molecule has 0 heterocycles. The Balaban J connectivity index is 1.81. The lowest BCUT2D eigenvalue weighted by molar-refractivity contribution is 0.152. The molecule has 2 unspecified atom stereocenters. The van der Waals surface area contributed by atoms with Gasteiger partial charge in [-0.2, -0.15) is 0 Å². The topological polar surface area (TPSA) is 21.3 Å². The Bertz CT molecular complexity index is 321. The average molecular weight is 233 g/mol. The molecule has 1 fully saturated rings. The van der Waals surface area contributed by atoms with Crippen LogP contribution < -0.4 is 5.32 Å². The van der Waals surface area contributed by atoms with Crippen molar-refractivity contribution >= 4 is 0 Å². The zero-order valence-electron chi connectivity index (χ0n) is 10.9. The standard InChI is InChI=1S/C15H23NO/c1-12(10-13-6-4-3-5-7-13)16-15(11-17-2)14-8-9-14/h3-7,12,14-16H,8-11H2,1-2H3. The second-order valence-electron chi connectivity index (χ2n) is 5.16. The van der Waals surface area contributed by atoms with Gasteiger partial charge in [0, 0.05) is 19.2 Å². The molecule has 2 heteroatoms. The van der Waals surface area contributed by atoms with Gasteiger partial charge in [-0.1, -0.05) is 30.3 Å². The molecule has 1 saturated carbocycles. The summed E-state index contributed by atoms with van der Waals surface area (Å²) in [6.45, 7) is 3.10. The van der Waals surface area contributed by atoms with Gasteiger partial charge in [0.05, 0.1) is 6.61 Å². The molecular formula is C15H23NO. The molecule has 1 N–H and O–H groups in total. The molecule has 1 aromatic rings. The van der Waals surface area contributed by atoms with E-state index in [1.807, 2.05) is 0 Å². The first-order chi connectivity index (χ1) is 8.29. The average Bonchev–Trinajstić information content (AvgIpc) is 3.13. The second-order valence-corrected chi connectivity index (χ2v) is 5.16. The van der Waals surface area contributed by atoms with E-state index in [2.05, 4.69) is 42.6 Å². The Morgan fingerprint density at radius 2 is 2.00 bits per heavy atom. The normalized spacial score (nSPS) is 18.9. The molecule has 2 atom stereocenters. The lowest BCUT2D eigenvalue weighted by atomic mass is 10.1. The van der Waals surface area contributed by atoms with E-state index in [0.29, 0.717) is 12.1 Å². The van der Waals surface area contributed by atoms with Gasteiger partial charge in [0.15, 0.2) is 0 Å². The summed E-state index contributed by atoms with van der Waals surface area (Å²) in [5.41, 5.74) is 1.40. The predicted molar refractivity (Wildman–Crippen MR) is 71.1 cm³/mol. The van der Waals surface area contributed by atoms with E-state index in [9.17, 15) is 0 Å². The van der Waals surface area contributed by atoms with Crippen molar-refractivity contribution in [3.63, 3.8) is 0 Å². The first kappa shape index (κ1) is 12.6. The van der Waals surface area contributed by atoms with Crippen LogP contribution in [0.5, 0.6) is 0 Å². The third kappa shape index (κ3) is 4.14. The van der Waals surface area contributed by atoms with Gasteiger partial charge >= 0.3 is 0 Å². The molecule has 0 amide bonds. The Hall–Kier alpha value is -0.860. The van der Waals surface area contributed by atoms with Gasteiger partial charge < -0.3 is 10.1 Å². The molecular weight excluding hydrogens is 210 g/mol. The van der Waals surface area contributed by atoms with Crippen LogP contribution in [-0.2, 0) is 11.2 Å². The summed E-state index contributed by atoms with van der Waals surface area (Å²) >= 11 is 0. The van der Waals surface area contributed by atoms with Crippen molar-refractivity contribution in [2.24, 2.45) is 5.92 Å². The maximum Gasteiger partial charge on any atom is 0.0618 e. The lowest BCUT2D eigenvalue weighted by Crippen LogP contribution is -2.42. The zero-order valence-corrected chi connectivity index (χ0v) is 10.9. The van der Waals surface area contributed by atoms with Crippen molar-refractivity contribution in [2.75, 3.05) is 13.7 Å². The van der Waals surface area contributed by atoms with E-state index in [-0.39, 0.29) is 0 Å². The zero-order chi connectivity index (χ0) is 12.1. The van der Waals surface area contributed by atoms with E-state index in [4.69, 9.17) is 4.74 Å². The SMILES string of the molecule is COCC(NC(C)Cc1ccccc1)C1CC1. The van der Waals surface area contributed by atoms with E-state index in [1.165, 1.54) is 18.4 Å². The largest absolute Gasteiger partial charge is 0.383 e. The van der Waals surface area contributed by atoms with E-state index >= 15 is 0 Å². The molecule has 1 aliphatic carbocycles. The summed E-state index contributed by atoms with van der Waals surface area (Å²) in [7, 11) is 1.79. The maximum absolute atomic E-state index is 5.29. The minimum absolute atomic E-state index is 0.512. The Morgan fingerprint density at radius 1 is 1.29 bits per heavy atom. The highest BCUT2D eigenvalue weighted by atomic mass is 16.5. The van der Waals surface area contributed by atoms with Crippen molar-refractivity contribution in [1.29, 1.82) is 0 Å². The molecule has 0 saturated heterocycles. The van der Waals surface area contributed by atoms with Crippen LogP contribution >= 0.6 is 0 Å². The first-order valence-electron chi connectivity index (χ1n) is 6.58. The fourth-order valence-corrected chi connectivity index (χ4v) is 2.39. The van der Waals surface area contributed by atoms with Gasteiger partial charge in [-0.15, -0.1) is 0 Å². The molecule has 1 aliphatic rings. The molecule has 0 aliphatic heterocycles. The first-order valence-corrected chi connectivity index (χ1v) is 6.58. The summed E-state index contributed by atoms with van der Waals surface area (Å²) in [6, 6.07) is 11.7. The molecule has 94 valence electrons. The van der Waals surface area contributed by atoms with Crippen molar-refractivity contribution in [1.82, 2.24) is 5.32 Å². The molecule has 2 nitrogen and oxygen atoms in total. The molecule has 17 heavy (non-hydrogen) atoms. The van der Waals surface area contributed by atoms with Crippen molar-refractivity contribution in [2.45, 2.75) is 38.3 Å². The summed E-state index contributed by atoms with van der Waals surface area (Å²) < 4.78 is 5.29. The molecule has 2 rings (SSSR count). The maximum atomic E-state index is 5.29. The highest BCUT2D eigenvalue weighted by molar-refractivity contribution is 5.15. The summed E-state index contributed by atoms with van der Waals surface area (Å²) in [6.07, 6.45) is 3.81. The smallest absolute Gasteiger partial charge is 0.0618 e. The number of methoxy groups -OCH3 is 1. The third-order valence-corrected chi connectivity index (χ3v) is 3.42. The number of benzene rings is 1. The number of ether oxygens (including phenoxy) is 1. The summed E-state index contributed by atoms with van der Waals surface area (Å²) in [4.78, 5) is 0. The number of rotatable bonds is 7. The fraction of sp³-hybridized carbons (Fsp3) is 0.600. The van der Waals surface area contributed by atoms with Crippen LogP contribution in [0.4, 0.5) is 0 Å². The van der Waals surface area contributed by atoms with E-state index in [1.54, 1.807) is 7.11 Å². The van der Waals surface area contributed by atoms with Crippen LogP contribution in [0.15, 0.2) is 30.3 Å². The predicted octanol–water partition coefficient (Wildman–Crippen LogP) is 2.63. The van der Waals surface area contributed by atoms with Crippen LogP contribution in [0.25, 0.3) is 0 Å². The van der Waals surface area contributed by atoms with Gasteiger partial charge in [0.2, 0.25) is 0 Å². The second kappa shape index (κ2) is 6.18. The van der Waals surface area contributed by atoms with Crippen LogP contribution in [0.3, 0.4) is 0 Å². The Kier molecular flexibility index (Phi) is 4.57. The summed E-state index contributed by atoms with van der Waals surface area (Å²) in [5.74, 6) is 0.841. The number of hydrogen-bond acceptors (Lipinski definition) is 2. The monoisotopic (exact) mass is 233 g/mol. The van der Waals surface area contributed by atoms with E-state index in [0.717, 1.165) is 18.9 Å². The number of nitrogens with one attached hydrogen (secondary N) is 1. The molecule has 0 aromatic heterocycles. The van der Waals surface area contributed by atoms with Crippen molar-refractivity contribution in [3.8, 4) is 0 Å². The van der Waals surface area contributed by atoms with Gasteiger partial charge in [-0.25, -0.2) is 0 Å².